The summed E-state index contributed by atoms with van der Waals surface area (Å²) in [4.78, 5) is 80.8. The lowest BCUT2D eigenvalue weighted by molar-refractivity contribution is -0.927. The lowest BCUT2D eigenvalue weighted by atomic mass is 9.84. The molecule has 4 aliphatic rings. The molecule has 3 unspecified atom stereocenters. The number of esters is 2. The van der Waals surface area contributed by atoms with Gasteiger partial charge in [-0.1, -0.05) is 12.1 Å². The normalized spacial score (nSPS) is 25.7. The number of carbonyl (C=O) groups excluding carboxylic acids is 5. The Balaban J connectivity index is 1.13. The molecule has 0 bridgehead atoms. The molecule has 1 N–H and O–H groups in total. The van der Waals surface area contributed by atoms with Gasteiger partial charge < -0.3 is 28.8 Å². The Hall–Kier alpha value is -4.82. The number of ether oxygens (including phenoxy) is 5. The second-order valence-electron chi connectivity index (χ2n) is 17.4. The second-order valence-corrected chi connectivity index (χ2v) is 17.4. The molecule has 6 atom stereocenters. The number of benzene rings is 2. The molecule has 2 aromatic rings. The van der Waals surface area contributed by atoms with Crippen molar-refractivity contribution in [3.63, 3.8) is 0 Å². The van der Waals surface area contributed by atoms with Crippen LogP contribution in [0.1, 0.15) is 106 Å². The summed E-state index contributed by atoms with van der Waals surface area (Å²) in [7, 11) is 1.56. The largest absolute Gasteiger partial charge is 0.514 e. The fourth-order valence-corrected chi connectivity index (χ4v) is 9.09. The zero-order chi connectivity index (χ0) is 40.9. The molecular weight excluding hydrogens is 724 g/mol. The molecule has 3 aliphatic heterocycles. The van der Waals surface area contributed by atoms with Gasteiger partial charge in [-0.15, -0.1) is 0 Å². The number of ketones is 2. The number of quaternary nitrogens is 1. The van der Waals surface area contributed by atoms with Crippen LogP contribution in [0.2, 0.25) is 0 Å². The average molecular weight is 778 g/mol. The van der Waals surface area contributed by atoms with Crippen LogP contribution in [-0.4, -0.2) is 112 Å². The van der Waals surface area contributed by atoms with E-state index >= 15 is 0 Å². The van der Waals surface area contributed by atoms with E-state index in [1.807, 2.05) is 13.0 Å². The summed E-state index contributed by atoms with van der Waals surface area (Å²) < 4.78 is 27.8. The maximum Gasteiger partial charge on any atom is 0.514 e. The first-order chi connectivity index (χ1) is 26.3. The molecule has 302 valence electrons. The Morgan fingerprint density at radius 1 is 0.929 bits per heavy atom. The molecule has 14 heteroatoms. The fraction of sp³-hybridized carbons (Fsp3) is 0.571. The molecular formula is C42H53N2O12+. The number of nitrogens with zero attached hydrogens (tertiary/aromatic N) is 2. The molecule has 2 amide bonds. The molecule has 3 heterocycles. The molecule has 0 radical (unpaired) electrons. The highest BCUT2D eigenvalue weighted by Gasteiger charge is 2.63. The molecule has 2 saturated heterocycles. The van der Waals surface area contributed by atoms with Crippen molar-refractivity contribution in [3.8, 4) is 16.9 Å². The molecule has 0 saturated carbocycles. The van der Waals surface area contributed by atoms with Crippen molar-refractivity contribution in [3.05, 3.63) is 52.6 Å². The lowest BCUT2D eigenvalue weighted by Crippen LogP contribution is -2.70. The van der Waals surface area contributed by atoms with Crippen LogP contribution in [-0.2, 0) is 41.6 Å². The first kappa shape index (κ1) is 40.8. The number of carboxylic acid groups (broad SMARTS) is 1. The van der Waals surface area contributed by atoms with Gasteiger partial charge in [0, 0.05) is 49.1 Å². The highest BCUT2D eigenvalue weighted by molar-refractivity contribution is 6.04. The second kappa shape index (κ2) is 15.3. The van der Waals surface area contributed by atoms with Crippen LogP contribution in [0, 0.1) is 5.92 Å². The van der Waals surface area contributed by atoms with Crippen molar-refractivity contribution in [2.24, 2.45) is 5.92 Å². The van der Waals surface area contributed by atoms with E-state index in [0.717, 1.165) is 22.3 Å². The highest BCUT2D eigenvalue weighted by Crippen LogP contribution is 2.43. The summed E-state index contributed by atoms with van der Waals surface area (Å²) in [6, 6.07) is 6.56. The smallest absolute Gasteiger partial charge is 0.488 e. The van der Waals surface area contributed by atoms with Gasteiger partial charge in [-0.2, -0.15) is 4.79 Å². The number of aryl methyl sites for hydroxylation is 1. The molecule has 2 aromatic carbocycles. The number of fused-ring (bicyclic) bond motifs is 4. The van der Waals surface area contributed by atoms with E-state index in [1.165, 1.54) is 4.90 Å². The summed E-state index contributed by atoms with van der Waals surface area (Å²) in [5.74, 6) is -1.76. The first-order valence-corrected chi connectivity index (χ1v) is 19.2. The maximum atomic E-state index is 13.8. The molecule has 0 spiro atoms. The Kier molecular flexibility index (Phi) is 11.1. The van der Waals surface area contributed by atoms with Crippen molar-refractivity contribution in [1.82, 2.24) is 4.90 Å². The van der Waals surface area contributed by atoms with Crippen molar-refractivity contribution < 1.29 is 62.0 Å². The summed E-state index contributed by atoms with van der Waals surface area (Å²) in [5, 5.41) is 10.3. The third-order valence-corrected chi connectivity index (χ3v) is 11.6. The average Bonchev–Trinajstić information content (AvgIpc) is 3.72. The number of amides is 2. The lowest BCUT2D eigenvalue weighted by Gasteiger charge is -2.46. The van der Waals surface area contributed by atoms with Gasteiger partial charge in [0.25, 0.3) is 0 Å². The van der Waals surface area contributed by atoms with Gasteiger partial charge in [-0.25, -0.2) is 18.9 Å². The quantitative estimate of drug-likeness (QED) is 0.141. The highest BCUT2D eigenvalue weighted by atomic mass is 16.6. The number of Topliss-reactive ketones (excluding diaryl/α,β-unsaturated/α-hetero) is 2. The van der Waals surface area contributed by atoms with Gasteiger partial charge in [-0.05, 0) is 103 Å². The standard InChI is InChI=1S/C42H52N2O12/c1-23-9-13-32(44(23,40(50)51)41(2,3)4)38(48)54-22-33(45)26-10-12-28-27(16-26)21-53-35-18-29-25(17-30(28)35)11-14-34(36(29)46)55-37(47)31-15-24(20-52-8)19-43(31)39(49)56-42(5,6)7/h10,12,16-18,23-24,31-32,34H,9,11,13-15,19-22H2,1-8H3/p+1/t23-,24-,31?,32-,34?,44?/m0/s1. The summed E-state index contributed by atoms with van der Waals surface area (Å²) >= 11 is 0. The minimum absolute atomic E-state index is 0.0917. The predicted molar refractivity (Wildman–Crippen MR) is 201 cm³/mol. The van der Waals surface area contributed by atoms with Crippen LogP contribution in [0.5, 0.6) is 5.75 Å². The van der Waals surface area contributed by atoms with Crippen LogP contribution < -0.4 is 4.74 Å². The van der Waals surface area contributed by atoms with E-state index < -0.39 is 70.3 Å². The Morgan fingerprint density at radius 2 is 1.66 bits per heavy atom. The summed E-state index contributed by atoms with van der Waals surface area (Å²) in [6.07, 6.45) is -0.817. The Morgan fingerprint density at radius 3 is 2.32 bits per heavy atom. The van der Waals surface area contributed by atoms with Gasteiger partial charge >= 0.3 is 24.1 Å². The topological polar surface area (TPSA) is 172 Å². The van der Waals surface area contributed by atoms with Crippen molar-refractivity contribution in [2.45, 2.75) is 123 Å². The number of rotatable bonds is 8. The summed E-state index contributed by atoms with van der Waals surface area (Å²) in [5.41, 5.74) is 2.26. The minimum Gasteiger partial charge on any atom is -0.488 e. The zero-order valence-electron chi connectivity index (χ0n) is 33.5. The number of hydrogen-bond donors (Lipinski definition) is 1. The monoisotopic (exact) mass is 777 g/mol. The molecule has 2 fully saturated rings. The number of likely N-dealkylation sites (tertiary alicyclic amines) is 2. The van der Waals surface area contributed by atoms with E-state index in [1.54, 1.807) is 72.9 Å². The summed E-state index contributed by atoms with van der Waals surface area (Å²) in [6.45, 7) is 12.7. The molecule has 14 nitrogen and oxygen atoms in total. The maximum absolute atomic E-state index is 13.8. The molecule has 1 aliphatic carbocycles. The third-order valence-electron chi connectivity index (χ3n) is 11.6. The molecule has 56 heavy (non-hydrogen) atoms. The van der Waals surface area contributed by atoms with Crippen molar-refractivity contribution in [1.29, 1.82) is 0 Å². The SMILES string of the molecule is COC[C@H]1CC(C(=O)OC2CCc3cc4c(cc3C2=O)OCc2cc(C(=O)COC(=O)[C@@H]3CC[C@H](C)[N+]3(C(=O)O)C(C)(C)C)ccc2-4)N(C(=O)OC(C)(C)C)C1. The molecule has 6 rings (SSSR count). The van der Waals surface area contributed by atoms with Crippen molar-refractivity contribution in [2.75, 3.05) is 26.9 Å². The van der Waals surface area contributed by atoms with Crippen LogP contribution in [0.4, 0.5) is 9.59 Å². The van der Waals surface area contributed by atoms with Crippen LogP contribution in [0.15, 0.2) is 30.3 Å². The Labute approximate surface area is 326 Å². The molecule has 0 aromatic heterocycles. The predicted octanol–water partition coefficient (Wildman–Crippen LogP) is 6.13. The van der Waals surface area contributed by atoms with E-state index in [2.05, 4.69) is 0 Å². The van der Waals surface area contributed by atoms with Gasteiger partial charge in [0.1, 0.15) is 29.5 Å². The number of methoxy groups -OCH3 is 1. The van der Waals surface area contributed by atoms with Gasteiger partial charge in [0.15, 0.2) is 24.5 Å². The van der Waals surface area contributed by atoms with E-state index in [9.17, 15) is 33.9 Å². The Bertz CT molecular complexity index is 1940. The van der Waals surface area contributed by atoms with Crippen LogP contribution >= 0.6 is 0 Å². The van der Waals surface area contributed by atoms with E-state index in [0.29, 0.717) is 49.2 Å². The van der Waals surface area contributed by atoms with Crippen LogP contribution in [0.3, 0.4) is 0 Å². The van der Waals surface area contributed by atoms with Gasteiger partial charge in [0.05, 0.1) is 12.6 Å². The van der Waals surface area contributed by atoms with Gasteiger partial charge in [0.2, 0.25) is 5.78 Å². The van der Waals surface area contributed by atoms with E-state index in [4.69, 9.17) is 23.7 Å². The fourth-order valence-electron chi connectivity index (χ4n) is 9.09. The number of hydrogen-bond acceptors (Lipinski definition) is 11. The van der Waals surface area contributed by atoms with E-state index in [-0.39, 0.29) is 37.3 Å². The van der Waals surface area contributed by atoms with Gasteiger partial charge in [-0.3, -0.25) is 14.5 Å². The van der Waals surface area contributed by atoms with Crippen molar-refractivity contribution >= 4 is 35.7 Å². The first-order valence-electron chi connectivity index (χ1n) is 19.2. The number of carbonyl (C=O) groups is 6. The third kappa shape index (κ3) is 7.52. The minimum atomic E-state index is -1.09. The van der Waals surface area contributed by atoms with Crippen LogP contribution in [0.25, 0.3) is 11.1 Å². The zero-order valence-corrected chi connectivity index (χ0v) is 33.5.